The van der Waals surface area contributed by atoms with Crippen LogP contribution in [-0.2, 0) is 0 Å². The Morgan fingerprint density at radius 1 is 1.16 bits per heavy atom. The van der Waals surface area contributed by atoms with Crippen molar-refractivity contribution in [2.24, 2.45) is 5.73 Å². The summed E-state index contributed by atoms with van der Waals surface area (Å²) >= 11 is 0. The van der Waals surface area contributed by atoms with Gasteiger partial charge >= 0.3 is 0 Å². The first-order valence-electron chi connectivity index (χ1n) is 11.9. The van der Waals surface area contributed by atoms with Crippen molar-refractivity contribution in [1.29, 1.82) is 0 Å². The van der Waals surface area contributed by atoms with Crippen molar-refractivity contribution in [3.63, 3.8) is 0 Å². The van der Waals surface area contributed by atoms with Crippen molar-refractivity contribution in [3.8, 4) is 11.3 Å². The summed E-state index contributed by atoms with van der Waals surface area (Å²) in [5.74, 6) is -1.59. The summed E-state index contributed by atoms with van der Waals surface area (Å²) in [5, 5.41) is 5.51. The van der Waals surface area contributed by atoms with E-state index >= 15 is 0 Å². The number of carbonyl (C=O) groups is 2. The van der Waals surface area contributed by atoms with Crippen LogP contribution < -0.4 is 27.0 Å². The lowest BCUT2D eigenvalue weighted by atomic mass is 10.0. The highest BCUT2D eigenvalue weighted by Crippen LogP contribution is 2.29. The maximum absolute atomic E-state index is 14.7. The summed E-state index contributed by atoms with van der Waals surface area (Å²) in [5.41, 5.74) is 13.4. The van der Waals surface area contributed by atoms with Crippen LogP contribution in [0.1, 0.15) is 41.1 Å². The number of nitrogen functional groups attached to an aromatic ring is 1. The molecule has 2 amide bonds. The van der Waals surface area contributed by atoms with Gasteiger partial charge in [-0.1, -0.05) is 0 Å². The lowest BCUT2D eigenvalue weighted by Crippen LogP contribution is -2.50. The molecule has 1 aliphatic rings. The average molecular weight is 510 g/mol. The number of anilines is 3. The van der Waals surface area contributed by atoms with Gasteiger partial charge in [-0.3, -0.25) is 14.6 Å². The Balaban J connectivity index is 1.62. The van der Waals surface area contributed by atoms with Gasteiger partial charge in [0.25, 0.3) is 11.8 Å². The number of hydrogen-bond donors (Lipinski definition) is 4. The normalized spacial score (nSPS) is 17.5. The maximum Gasteiger partial charge on any atom is 0.276 e. The monoisotopic (exact) mass is 509 g/mol. The Morgan fingerprint density at radius 2 is 1.95 bits per heavy atom. The van der Waals surface area contributed by atoms with Crippen molar-refractivity contribution >= 4 is 28.9 Å². The molecule has 0 radical (unpaired) electrons. The van der Waals surface area contributed by atoms with Gasteiger partial charge in [0.15, 0.2) is 5.69 Å². The molecule has 1 fully saturated rings. The number of piperidine rings is 1. The SMILES string of the molecule is CC(C)NC(=O)c1ccc(F)c(-c2ccc(N)c(C(=O)Nc3cnccc3N3CCC(F)C(N)C3)n2)c1. The molecular weight excluding hydrogens is 480 g/mol. The lowest BCUT2D eigenvalue weighted by Gasteiger charge is -2.35. The largest absolute Gasteiger partial charge is 0.397 e. The summed E-state index contributed by atoms with van der Waals surface area (Å²) in [6.45, 7) is 4.35. The zero-order valence-corrected chi connectivity index (χ0v) is 20.5. The molecule has 37 heavy (non-hydrogen) atoms. The predicted octanol–water partition coefficient (Wildman–Crippen LogP) is 3.13. The minimum atomic E-state index is -1.08. The van der Waals surface area contributed by atoms with Crippen LogP contribution in [0.5, 0.6) is 0 Å². The number of nitrogens with two attached hydrogens (primary N) is 2. The van der Waals surface area contributed by atoms with Crippen molar-refractivity contribution in [2.75, 3.05) is 29.0 Å². The molecule has 0 aliphatic carbocycles. The van der Waals surface area contributed by atoms with Crippen LogP contribution >= 0.6 is 0 Å². The van der Waals surface area contributed by atoms with E-state index in [0.717, 1.165) is 0 Å². The smallest absolute Gasteiger partial charge is 0.276 e. The quantitative estimate of drug-likeness (QED) is 0.400. The van der Waals surface area contributed by atoms with E-state index in [1.807, 2.05) is 18.7 Å². The van der Waals surface area contributed by atoms with Crippen LogP contribution in [0, 0.1) is 5.82 Å². The highest BCUT2D eigenvalue weighted by Gasteiger charge is 2.28. The Kier molecular flexibility index (Phi) is 7.63. The molecule has 11 heteroatoms. The maximum atomic E-state index is 14.7. The number of rotatable bonds is 6. The van der Waals surface area contributed by atoms with E-state index in [4.69, 9.17) is 11.5 Å². The zero-order valence-electron chi connectivity index (χ0n) is 20.5. The number of hydrogen-bond acceptors (Lipinski definition) is 7. The molecule has 2 aromatic heterocycles. The molecule has 0 bridgehead atoms. The molecule has 1 aliphatic heterocycles. The van der Waals surface area contributed by atoms with Crippen LogP contribution in [0.4, 0.5) is 25.8 Å². The summed E-state index contributed by atoms with van der Waals surface area (Å²) in [4.78, 5) is 35.9. The van der Waals surface area contributed by atoms with E-state index < -0.39 is 23.9 Å². The third-order valence-corrected chi connectivity index (χ3v) is 6.02. The second kappa shape index (κ2) is 10.9. The number of pyridine rings is 2. The molecule has 6 N–H and O–H groups in total. The molecule has 3 heterocycles. The van der Waals surface area contributed by atoms with E-state index in [1.54, 1.807) is 12.3 Å². The van der Waals surface area contributed by atoms with Gasteiger partial charge in [-0.15, -0.1) is 0 Å². The van der Waals surface area contributed by atoms with E-state index in [0.29, 0.717) is 17.9 Å². The fraction of sp³-hybridized carbons (Fsp3) is 0.308. The fourth-order valence-electron chi connectivity index (χ4n) is 4.12. The Bertz CT molecular complexity index is 1320. The second-order valence-electron chi connectivity index (χ2n) is 9.22. The summed E-state index contributed by atoms with van der Waals surface area (Å²) in [6, 6.07) is 7.83. The van der Waals surface area contributed by atoms with Gasteiger partial charge in [-0.2, -0.15) is 0 Å². The van der Waals surface area contributed by atoms with Gasteiger partial charge in [0.1, 0.15) is 12.0 Å². The standard InChI is InChI=1S/C26H29F2N7O2/c1-14(2)32-25(36)15-3-4-17(27)16(11-15)21-6-5-19(29)24(33-21)26(37)34-22-12-31-9-7-23(22)35-10-8-18(28)20(30)13-35/h3-7,9,11-12,14,18,20H,8,10,13,29-30H2,1-2H3,(H,32,36)(H,34,37). The first kappa shape index (κ1) is 26.0. The predicted molar refractivity (Wildman–Crippen MR) is 139 cm³/mol. The van der Waals surface area contributed by atoms with Gasteiger partial charge in [-0.25, -0.2) is 13.8 Å². The fourth-order valence-corrected chi connectivity index (χ4v) is 4.12. The van der Waals surface area contributed by atoms with E-state index in [-0.39, 0.29) is 53.1 Å². The number of halogens is 2. The molecule has 2 atom stereocenters. The lowest BCUT2D eigenvalue weighted by molar-refractivity contribution is 0.0942. The number of aromatic nitrogens is 2. The van der Waals surface area contributed by atoms with E-state index in [9.17, 15) is 18.4 Å². The molecule has 4 rings (SSSR count). The van der Waals surface area contributed by atoms with Gasteiger partial charge in [0.2, 0.25) is 0 Å². The molecule has 1 aromatic carbocycles. The Labute approximate surface area is 213 Å². The van der Waals surface area contributed by atoms with Gasteiger partial charge in [0.05, 0.1) is 35.0 Å². The third kappa shape index (κ3) is 5.83. The Hall–Kier alpha value is -4.12. The first-order valence-corrected chi connectivity index (χ1v) is 11.9. The number of benzene rings is 1. The number of nitrogens with zero attached hydrogens (tertiary/aromatic N) is 3. The van der Waals surface area contributed by atoms with Gasteiger partial charge in [-0.05, 0) is 56.7 Å². The molecule has 0 saturated carbocycles. The van der Waals surface area contributed by atoms with E-state index in [1.165, 1.54) is 36.5 Å². The molecule has 3 aromatic rings. The minimum absolute atomic E-state index is 0.0515. The second-order valence-corrected chi connectivity index (χ2v) is 9.22. The molecule has 1 saturated heterocycles. The number of carbonyl (C=O) groups excluding carboxylic acids is 2. The summed E-state index contributed by atoms with van der Waals surface area (Å²) in [7, 11) is 0. The van der Waals surface area contributed by atoms with Crippen molar-refractivity contribution in [3.05, 3.63) is 65.9 Å². The highest BCUT2D eigenvalue weighted by molar-refractivity contribution is 6.08. The summed E-state index contributed by atoms with van der Waals surface area (Å²) < 4.78 is 28.6. The molecular formula is C26H29F2N7O2. The minimum Gasteiger partial charge on any atom is -0.397 e. The van der Waals surface area contributed by atoms with Crippen LogP contribution in [-0.4, -0.2) is 53.1 Å². The van der Waals surface area contributed by atoms with Gasteiger partial charge in [0, 0.05) is 36.5 Å². The topological polar surface area (TPSA) is 139 Å². The molecule has 0 spiro atoms. The number of alkyl halides is 1. The van der Waals surface area contributed by atoms with Crippen LogP contribution in [0.25, 0.3) is 11.3 Å². The van der Waals surface area contributed by atoms with Crippen LogP contribution in [0.3, 0.4) is 0 Å². The van der Waals surface area contributed by atoms with E-state index in [2.05, 4.69) is 20.6 Å². The zero-order chi connectivity index (χ0) is 26.7. The molecule has 9 nitrogen and oxygen atoms in total. The Morgan fingerprint density at radius 3 is 2.68 bits per heavy atom. The first-order chi connectivity index (χ1) is 17.6. The van der Waals surface area contributed by atoms with Crippen LogP contribution in [0.2, 0.25) is 0 Å². The number of amides is 2. The molecule has 2 unspecified atom stereocenters. The van der Waals surface area contributed by atoms with Crippen molar-refractivity contribution in [1.82, 2.24) is 15.3 Å². The van der Waals surface area contributed by atoms with Crippen molar-refractivity contribution < 1.29 is 18.4 Å². The van der Waals surface area contributed by atoms with Crippen molar-refractivity contribution in [2.45, 2.75) is 38.5 Å². The third-order valence-electron chi connectivity index (χ3n) is 6.02. The van der Waals surface area contributed by atoms with Gasteiger partial charge < -0.3 is 27.0 Å². The number of nitrogens with one attached hydrogen (secondary N) is 2. The molecule has 194 valence electrons. The summed E-state index contributed by atoms with van der Waals surface area (Å²) in [6.07, 6.45) is 2.22. The van der Waals surface area contributed by atoms with Crippen LogP contribution in [0.15, 0.2) is 48.8 Å². The highest BCUT2D eigenvalue weighted by atomic mass is 19.1. The average Bonchev–Trinajstić information content (AvgIpc) is 2.86.